The van der Waals surface area contributed by atoms with Gasteiger partial charge in [0.1, 0.15) is 0 Å². The first-order chi connectivity index (χ1) is 12.8. The van der Waals surface area contributed by atoms with Crippen molar-refractivity contribution in [3.8, 4) is 0 Å². The van der Waals surface area contributed by atoms with Gasteiger partial charge in [-0.25, -0.2) is 13.1 Å². The number of nitrogens with one attached hydrogen (secondary N) is 2. The molecule has 0 unspecified atom stereocenters. The van der Waals surface area contributed by atoms with Gasteiger partial charge in [0, 0.05) is 23.6 Å². The summed E-state index contributed by atoms with van der Waals surface area (Å²) in [5.41, 5.74) is 1.73. The van der Waals surface area contributed by atoms with Crippen molar-refractivity contribution < 1.29 is 13.2 Å². The molecule has 2 aromatic rings. The van der Waals surface area contributed by atoms with E-state index in [2.05, 4.69) is 21.5 Å². The van der Waals surface area contributed by atoms with E-state index in [1.54, 1.807) is 23.5 Å². The van der Waals surface area contributed by atoms with Gasteiger partial charge in [0.15, 0.2) is 0 Å². The summed E-state index contributed by atoms with van der Waals surface area (Å²) in [5.74, 6) is -0.225. The fourth-order valence-electron chi connectivity index (χ4n) is 3.51. The predicted molar refractivity (Wildman–Crippen MR) is 110 cm³/mol. The third-order valence-electron chi connectivity index (χ3n) is 5.25. The van der Waals surface area contributed by atoms with Crippen LogP contribution in [0.2, 0.25) is 0 Å². The van der Waals surface area contributed by atoms with Gasteiger partial charge in [-0.2, -0.15) is 11.3 Å². The number of carbonyl (C=O) groups is 1. The number of sulfonamides is 1. The van der Waals surface area contributed by atoms with Crippen LogP contribution in [-0.2, 0) is 20.2 Å². The number of hydrogen-bond acceptors (Lipinski definition) is 4. The Labute approximate surface area is 165 Å². The van der Waals surface area contributed by atoms with E-state index in [0.29, 0.717) is 12.2 Å². The summed E-state index contributed by atoms with van der Waals surface area (Å²) in [5, 5.41) is 6.95. The van der Waals surface area contributed by atoms with Crippen LogP contribution in [0, 0.1) is 5.92 Å². The summed E-state index contributed by atoms with van der Waals surface area (Å²) in [6.07, 6.45) is 4.27. The normalized spacial score (nSPS) is 16.6. The Morgan fingerprint density at radius 3 is 2.37 bits per heavy atom. The van der Waals surface area contributed by atoms with Crippen LogP contribution >= 0.6 is 11.3 Å². The Balaban J connectivity index is 1.70. The Kier molecular flexibility index (Phi) is 6.03. The zero-order valence-electron chi connectivity index (χ0n) is 15.7. The molecule has 1 fully saturated rings. The van der Waals surface area contributed by atoms with Gasteiger partial charge in [0.05, 0.1) is 4.90 Å². The van der Waals surface area contributed by atoms with Gasteiger partial charge in [-0.05, 0) is 59.5 Å². The highest BCUT2D eigenvalue weighted by molar-refractivity contribution is 7.89. The van der Waals surface area contributed by atoms with Crippen LogP contribution < -0.4 is 10.0 Å². The van der Waals surface area contributed by atoms with Crippen molar-refractivity contribution >= 4 is 33.0 Å². The molecule has 5 nitrogen and oxygen atoms in total. The number of anilines is 1. The maximum Gasteiger partial charge on any atom is 0.240 e. The molecule has 1 heterocycles. The second-order valence-electron chi connectivity index (χ2n) is 7.49. The van der Waals surface area contributed by atoms with Crippen molar-refractivity contribution in [2.45, 2.75) is 49.8 Å². The Morgan fingerprint density at radius 2 is 1.81 bits per heavy atom. The summed E-state index contributed by atoms with van der Waals surface area (Å²) in [7, 11) is -3.60. The van der Waals surface area contributed by atoms with E-state index >= 15 is 0 Å². The second-order valence-corrected chi connectivity index (χ2v) is 10.0. The minimum atomic E-state index is -3.60. The standard InChI is InChI=1S/C20H26N2O3S2/c1-15(2)19(23)22-17-5-7-18(8-6-17)27(24,25)21-14-20(10-3-4-11-20)16-9-12-26-13-16/h5-9,12-13,15,21H,3-4,10-11,14H2,1-2H3,(H,22,23). The third kappa shape index (κ3) is 4.59. The molecule has 0 bridgehead atoms. The molecular weight excluding hydrogens is 380 g/mol. The molecule has 1 amide bonds. The summed E-state index contributed by atoms with van der Waals surface area (Å²) in [4.78, 5) is 12.0. The monoisotopic (exact) mass is 406 g/mol. The Morgan fingerprint density at radius 1 is 1.15 bits per heavy atom. The van der Waals surface area contributed by atoms with Crippen LogP contribution in [-0.4, -0.2) is 20.9 Å². The van der Waals surface area contributed by atoms with Gasteiger partial charge < -0.3 is 5.32 Å². The number of thiophene rings is 1. The topological polar surface area (TPSA) is 75.3 Å². The molecule has 146 valence electrons. The van der Waals surface area contributed by atoms with E-state index in [1.165, 1.54) is 17.7 Å². The second kappa shape index (κ2) is 8.12. The van der Waals surface area contributed by atoms with Crippen LogP contribution in [0.15, 0.2) is 46.0 Å². The molecule has 1 saturated carbocycles. The van der Waals surface area contributed by atoms with Gasteiger partial charge in [-0.3, -0.25) is 4.79 Å². The zero-order chi connectivity index (χ0) is 19.5. The minimum Gasteiger partial charge on any atom is -0.326 e. The average Bonchev–Trinajstić information content (AvgIpc) is 3.33. The zero-order valence-corrected chi connectivity index (χ0v) is 17.3. The maximum atomic E-state index is 12.7. The van der Waals surface area contributed by atoms with Crippen LogP contribution in [0.3, 0.4) is 0 Å². The molecule has 1 aromatic heterocycles. The molecule has 0 saturated heterocycles. The summed E-state index contributed by atoms with van der Waals surface area (Å²) in [6.45, 7) is 4.03. The summed E-state index contributed by atoms with van der Waals surface area (Å²) >= 11 is 1.65. The fourth-order valence-corrected chi connectivity index (χ4v) is 5.41. The SMILES string of the molecule is CC(C)C(=O)Nc1ccc(S(=O)(=O)NCC2(c3ccsc3)CCCC2)cc1. The lowest BCUT2D eigenvalue weighted by atomic mass is 9.81. The van der Waals surface area contributed by atoms with Crippen molar-refractivity contribution in [1.82, 2.24) is 4.72 Å². The van der Waals surface area contributed by atoms with E-state index in [4.69, 9.17) is 0 Å². The van der Waals surface area contributed by atoms with Gasteiger partial charge in [0.25, 0.3) is 0 Å². The average molecular weight is 407 g/mol. The van der Waals surface area contributed by atoms with Crippen LogP contribution in [0.25, 0.3) is 0 Å². The van der Waals surface area contributed by atoms with Gasteiger partial charge in [0.2, 0.25) is 15.9 Å². The lowest BCUT2D eigenvalue weighted by Crippen LogP contribution is -2.38. The molecule has 0 aliphatic heterocycles. The van der Waals surface area contributed by atoms with Crippen molar-refractivity contribution in [2.75, 3.05) is 11.9 Å². The highest BCUT2D eigenvalue weighted by Crippen LogP contribution is 2.41. The molecule has 1 aliphatic rings. The number of amides is 1. The lowest BCUT2D eigenvalue weighted by molar-refractivity contribution is -0.118. The largest absolute Gasteiger partial charge is 0.326 e. The van der Waals surface area contributed by atoms with E-state index < -0.39 is 10.0 Å². The summed E-state index contributed by atoms with van der Waals surface area (Å²) in [6, 6.07) is 8.42. The molecule has 7 heteroatoms. The van der Waals surface area contributed by atoms with Crippen molar-refractivity contribution in [1.29, 1.82) is 0 Å². The molecule has 0 radical (unpaired) electrons. The number of hydrogen-bond donors (Lipinski definition) is 2. The number of carbonyl (C=O) groups excluding carboxylic acids is 1. The molecule has 1 aromatic carbocycles. The quantitative estimate of drug-likeness (QED) is 0.726. The van der Waals surface area contributed by atoms with Crippen LogP contribution in [0.5, 0.6) is 0 Å². The molecule has 0 atom stereocenters. The van der Waals surface area contributed by atoms with Crippen LogP contribution in [0.4, 0.5) is 5.69 Å². The molecule has 1 aliphatic carbocycles. The predicted octanol–water partition coefficient (Wildman–Crippen LogP) is 4.13. The minimum absolute atomic E-state index is 0.0947. The summed E-state index contributed by atoms with van der Waals surface area (Å²) < 4.78 is 28.3. The van der Waals surface area contributed by atoms with Crippen molar-refractivity contribution in [3.05, 3.63) is 46.7 Å². The maximum absolute atomic E-state index is 12.7. The van der Waals surface area contributed by atoms with Crippen LogP contribution in [0.1, 0.15) is 45.1 Å². The Bertz CT molecular complexity index is 866. The molecule has 2 N–H and O–H groups in total. The Hall–Kier alpha value is -1.70. The van der Waals surface area contributed by atoms with E-state index in [-0.39, 0.29) is 22.1 Å². The highest BCUT2D eigenvalue weighted by Gasteiger charge is 2.37. The van der Waals surface area contributed by atoms with E-state index in [1.807, 2.05) is 19.2 Å². The third-order valence-corrected chi connectivity index (χ3v) is 7.35. The molecule has 0 spiro atoms. The van der Waals surface area contributed by atoms with Crippen molar-refractivity contribution in [3.63, 3.8) is 0 Å². The highest BCUT2D eigenvalue weighted by atomic mass is 32.2. The molecular formula is C20H26N2O3S2. The van der Waals surface area contributed by atoms with Crippen molar-refractivity contribution in [2.24, 2.45) is 5.92 Å². The van der Waals surface area contributed by atoms with E-state index in [9.17, 15) is 13.2 Å². The first kappa shape index (κ1) is 20.0. The molecule has 3 rings (SSSR count). The number of rotatable bonds is 7. The number of benzene rings is 1. The lowest BCUT2D eigenvalue weighted by Gasteiger charge is -2.28. The van der Waals surface area contributed by atoms with Gasteiger partial charge in [-0.1, -0.05) is 26.7 Å². The fraction of sp³-hybridized carbons (Fsp3) is 0.450. The molecule has 27 heavy (non-hydrogen) atoms. The smallest absolute Gasteiger partial charge is 0.240 e. The van der Waals surface area contributed by atoms with Gasteiger partial charge in [-0.15, -0.1) is 0 Å². The van der Waals surface area contributed by atoms with Gasteiger partial charge >= 0.3 is 0 Å². The first-order valence-electron chi connectivity index (χ1n) is 9.26. The first-order valence-corrected chi connectivity index (χ1v) is 11.7. The van der Waals surface area contributed by atoms with E-state index in [0.717, 1.165) is 25.7 Å².